The lowest BCUT2D eigenvalue weighted by atomic mass is 10.0. The molecule has 0 fully saturated rings. The van der Waals surface area contributed by atoms with Crippen LogP contribution in [0.4, 0.5) is 13.2 Å². The van der Waals surface area contributed by atoms with E-state index in [9.17, 15) is 18.0 Å². The Morgan fingerprint density at radius 3 is 2.56 bits per heavy atom. The summed E-state index contributed by atoms with van der Waals surface area (Å²) < 4.78 is 57.3. The first kappa shape index (κ1) is 25.5. The highest BCUT2D eigenvalue weighted by Crippen LogP contribution is 2.34. The Hall–Kier alpha value is -3.63. The number of rotatable bonds is 9. The van der Waals surface area contributed by atoms with E-state index >= 15 is 0 Å². The minimum absolute atomic E-state index is 0.192. The molecule has 0 saturated heterocycles. The lowest BCUT2D eigenvalue weighted by molar-refractivity contribution is -0.137. The van der Waals surface area contributed by atoms with Gasteiger partial charge in [-0.3, -0.25) is 9.20 Å². The van der Waals surface area contributed by atoms with E-state index in [0.29, 0.717) is 53.1 Å². The average Bonchev–Trinajstić information content (AvgIpc) is 3.34. The van der Waals surface area contributed by atoms with E-state index in [1.165, 1.54) is 35.0 Å². The highest BCUT2D eigenvalue weighted by Gasteiger charge is 2.30. The summed E-state index contributed by atoms with van der Waals surface area (Å²) in [5.74, 6) is 1.03. The molecule has 0 saturated carbocycles. The molecular weight excluding hydrogens is 493 g/mol. The van der Waals surface area contributed by atoms with Crippen molar-refractivity contribution < 1.29 is 27.4 Å². The first-order chi connectivity index (χ1) is 17.3. The van der Waals surface area contributed by atoms with Crippen molar-refractivity contribution in [3.05, 3.63) is 81.2 Å². The van der Waals surface area contributed by atoms with Crippen molar-refractivity contribution in [2.24, 2.45) is 0 Å². The van der Waals surface area contributed by atoms with Gasteiger partial charge in [0, 0.05) is 23.7 Å². The second-order valence-electron chi connectivity index (χ2n) is 7.57. The van der Waals surface area contributed by atoms with Gasteiger partial charge in [0.15, 0.2) is 16.5 Å². The lowest BCUT2D eigenvalue weighted by Gasteiger charge is -2.13. The summed E-state index contributed by atoms with van der Waals surface area (Å²) in [6, 6.07) is 9.87. The smallest absolute Gasteiger partial charge is 0.416 e. The number of benzene rings is 2. The molecule has 0 atom stereocenters. The van der Waals surface area contributed by atoms with Crippen LogP contribution < -0.4 is 15.0 Å². The first-order valence-electron chi connectivity index (χ1n) is 11.1. The van der Waals surface area contributed by atoms with Gasteiger partial charge in [-0.25, -0.2) is 4.98 Å². The molecule has 4 aromatic rings. The summed E-state index contributed by atoms with van der Waals surface area (Å²) in [6.45, 7) is 3.18. The molecule has 0 bridgehead atoms. The minimum atomic E-state index is -4.48. The van der Waals surface area contributed by atoms with Gasteiger partial charge in [0.25, 0.3) is 5.56 Å². The van der Waals surface area contributed by atoms with Crippen LogP contribution in [0.15, 0.2) is 58.8 Å². The summed E-state index contributed by atoms with van der Waals surface area (Å²) >= 11 is 1.28. The SMILES string of the molecule is CCOCCOc1c(C=Cc2nc3sccn3c(=O)c2-c2ccc(C(F)(F)F)cc2)cccc1OC. The number of hydrogen-bond acceptors (Lipinski definition) is 6. The van der Waals surface area contributed by atoms with Crippen LogP contribution in [0.25, 0.3) is 28.2 Å². The molecular formula is C26H23F3N2O4S. The Bertz CT molecular complexity index is 1430. The zero-order chi connectivity index (χ0) is 25.7. The predicted molar refractivity (Wildman–Crippen MR) is 134 cm³/mol. The molecule has 2 aromatic carbocycles. The second kappa shape index (κ2) is 11.0. The van der Waals surface area contributed by atoms with Gasteiger partial charge in [-0.15, -0.1) is 11.3 Å². The Labute approximate surface area is 209 Å². The number of halogens is 3. The highest BCUT2D eigenvalue weighted by molar-refractivity contribution is 7.15. The van der Waals surface area contributed by atoms with Crippen LogP contribution in [0.1, 0.15) is 23.7 Å². The van der Waals surface area contributed by atoms with Crippen molar-refractivity contribution in [2.45, 2.75) is 13.1 Å². The molecule has 4 rings (SSSR count). The molecule has 0 aliphatic carbocycles. The van der Waals surface area contributed by atoms with Gasteiger partial charge in [-0.2, -0.15) is 13.2 Å². The first-order valence-corrected chi connectivity index (χ1v) is 11.9. The maximum atomic E-state index is 13.3. The number of hydrogen-bond donors (Lipinski definition) is 0. The zero-order valence-electron chi connectivity index (χ0n) is 19.5. The van der Waals surface area contributed by atoms with Crippen LogP contribution in [-0.2, 0) is 10.9 Å². The summed E-state index contributed by atoms with van der Waals surface area (Å²) in [7, 11) is 1.54. The van der Waals surface area contributed by atoms with Crippen molar-refractivity contribution in [3.8, 4) is 22.6 Å². The molecule has 0 N–H and O–H groups in total. The topological polar surface area (TPSA) is 62.1 Å². The number of fused-ring (bicyclic) bond motifs is 1. The van der Waals surface area contributed by atoms with Gasteiger partial charge in [0.1, 0.15) is 6.61 Å². The van der Waals surface area contributed by atoms with E-state index in [1.54, 1.807) is 35.9 Å². The molecule has 0 radical (unpaired) electrons. The Morgan fingerprint density at radius 2 is 1.86 bits per heavy atom. The van der Waals surface area contributed by atoms with E-state index in [1.807, 2.05) is 13.0 Å². The Kier molecular flexibility index (Phi) is 7.76. The van der Waals surface area contributed by atoms with Gasteiger partial charge in [0.05, 0.1) is 30.5 Å². The zero-order valence-corrected chi connectivity index (χ0v) is 20.4. The fourth-order valence-corrected chi connectivity index (χ4v) is 4.32. The minimum Gasteiger partial charge on any atom is -0.493 e. The lowest BCUT2D eigenvalue weighted by Crippen LogP contribution is -2.17. The third kappa shape index (κ3) is 5.44. The van der Waals surface area contributed by atoms with E-state index in [0.717, 1.165) is 12.1 Å². The molecule has 6 nitrogen and oxygen atoms in total. The van der Waals surface area contributed by atoms with Crippen LogP contribution in [0.3, 0.4) is 0 Å². The number of alkyl halides is 3. The molecule has 2 aromatic heterocycles. The van der Waals surface area contributed by atoms with Gasteiger partial charge < -0.3 is 14.2 Å². The van der Waals surface area contributed by atoms with Gasteiger partial charge in [-0.05, 0) is 42.8 Å². The van der Waals surface area contributed by atoms with Gasteiger partial charge in [0.2, 0.25) is 0 Å². The van der Waals surface area contributed by atoms with E-state index < -0.39 is 11.7 Å². The van der Waals surface area contributed by atoms with Crippen LogP contribution in [0.5, 0.6) is 11.5 Å². The van der Waals surface area contributed by atoms with Crippen molar-refractivity contribution >= 4 is 28.4 Å². The molecule has 2 heterocycles. The second-order valence-corrected chi connectivity index (χ2v) is 8.44. The molecule has 36 heavy (non-hydrogen) atoms. The average molecular weight is 517 g/mol. The highest BCUT2D eigenvalue weighted by atomic mass is 32.1. The van der Waals surface area contributed by atoms with Crippen LogP contribution in [0.2, 0.25) is 0 Å². The monoisotopic (exact) mass is 516 g/mol. The summed E-state index contributed by atoms with van der Waals surface area (Å²) in [4.78, 5) is 18.4. The van der Waals surface area contributed by atoms with Crippen LogP contribution in [0, 0.1) is 0 Å². The Balaban J connectivity index is 1.78. The van der Waals surface area contributed by atoms with Crippen molar-refractivity contribution in [1.82, 2.24) is 9.38 Å². The van der Waals surface area contributed by atoms with Crippen molar-refractivity contribution in [3.63, 3.8) is 0 Å². The summed E-state index contributed by atoms with van der Waals surface area (Å²) in [6.07, 6.45) is 0.496. The molecule has 0 unspecified atom stereocenters. The van der Waals surface area contributed by atoms with Gasteiger partial charge >= 0.3 is 6.18 Å². The normalized spacial score (nSPS) is 11.9. The molecule has 10 heteroatoms. The third-order valence-corrected chi connectivity index (χ3v) is 6.08. The maximum Gasteiger partial charge on any atom is 0.416 e. The maximum absolute atomic E-state index is 13.3. The van der Waals surface area contributed by atoms with E-state index in [4.69, 9.17) is 14.2 Å². The van der Waals surface area contributed by atoms with Crippen molar-refractivity contribution in [2.75, 3.05) is 26.9 Å². The fraction of sp³-hybridized carbons (Fsp3) is 0.231. The number of para-hydroxylation sites is 1. The van der Waals surface area contributed by atoms with Crippen molar-refractivity contribution in [1.29, 1.82) is 0 Å². The quantitative estimate of drug-likeness (QED) is 0.254. The predicted octanol–water partition coefficient (Wildman–Crippen LogP) is 6.04. The molecule has 0 amide bonds. The molecule has 0 aliphatic heterocycles. The molecule has 0 aliphatic rings. The Morgan fingerprint density at radius 1 is 1.08 bits per heavy atom. The summed E-state index contributed by atoms with van der Waals surface area (Å²) in [5.41, 5.74) is 0.359. The van der Waals surface area contributed by atoms with E-state index in [2.05, 4.69) is 4.98 Å². The largest absolute Gasteiger partial charge is 0.493 e. The van der Waals surface area contributed by atoms with Crippen LogP contribution >= 0.6 is 11.3 Å². The number of methoxy groups -OCH3 is 1. The number of thiazole rings is 1. The van der Waals surface area contributed by atoms with E-state index in [-0.39, 0.29) is 11.1 Å². The number of aromatic nitrogens is 2. The fourth-order valence-electron chi connectivity index (χ4n) is 3.61. The number of ether oxygens (including phenoxy) is 3. The molecule has 188 valence electrons. The summed E-state index contributed by atoms with van der Waals surface area (Å²) in [5, 5.41) is 1.72. The van der Waals surface area contributed by atoms with Gasteiger partial charge in [-0.1, -0.05) is 24.3 Å². The number of nitrogens with zero attached hydrogens (tertiary/aromatic N) is 2. The third-order valence-electron chi connectivity index (χ3n) is 5.32. The molecule has 0 spiro atoms. The van der Waals surface area contributed by atoms with Crippen LogP contribution in [-0.4, -0.2) is 36.3 Å². The standard InChI is InChI=1S/C26H23F3N2O4S/c1-3-34-14-15-35-23-18(5-4-6-21(23)33-2)9-12-20-22(24(32)31-13-16-36-25(31)30-20)17-7-10-19(11-8-17)26(27,28)29/h4-13,16H,3,14-15H2,1-2H3.